The zero-order valence-electron chi connectivity index (χ0n) is 23.8. The van der Waals surface area contributed by atoms with E-state index in [2.05, 4.69) is 16.4 Å². The van der Waals surface area contributed by atoms with Crippen LogP contribution in [0.3, 0.4) is 0 Å². The third kappa shape index (κ3) is 7.77. The van der Waals surface area contributed by atoms with Crippen LogP contribution in [0.4, 0.5) is 16.4 Å². The molecular weight excluding hydrogens is 512 g/mol. The van der Waals surface area contributed by atoms with Gasteiger partial charge < -0.3 is 19.1 Å². The Morgan fingerprint density at radius 3 is 2.73 bits per heavy atom. The average molecular weight is 551 g/mol. The first-order valence-electron chi connectivity index (χ1n) is 13.4. The van der Waals surface area contributed by atoms with Crippen LogP contribution in [0.1, 0.15) is 56.0 Å². The van der Waals surface area contributed by atoms with Gasteiger partial charge in [0.1, 0.15) is 35.1 Å². The fourth-order valence-corrected chi connectivity index (χ4v) is 4.44. The summed E-state index contributed by atoms with van der Waals surface area (Å²) in [4.78, 5) is 37.7. The maximum Gasteiger partial charge on any atom is 0.328 e. The second-order valence-electron chi connectivity index (χ2n) is 9.65. The number of pyridine rings is 2. The van der Waals surface area contributed by atoms with E-state index in [0.717, 1.165) is 36.8 Å². The standard InChI is InChI=1S/C29H38N6O5/c1-6-7-10-25-23(16-34(19-36)20(2)17-38-4)12-22-9-8-11-35(28(22)32-25)29(37)33-27-13-26(24(14-30)15-31-27)40-21(3)18-39-5/h7,10,12-13,15,19-21H,6,8-9,11,16-18H2,1-5H3,(H,31,33,37)/b10-7+. The molecule has 1 aliphatic rings. The van der Waals surface area contributed by atoms with Crippen LogP contribution in [-0.4, -0.2) is 73.4 Å². The van der Waals surface area contributed by atoms with Gasteiger partial charge in [0.2, 0.25) is 6.41 Å². The molecule has 3 amide bonds. The van der Waals surface area contributed by atoms with Crippen LogP contribution < -0.4 is 15.0 Å². The van der Waals surface area contributed by atoms with Crippen LogP contribution >= 0.6 is 0 Å². The molecule has 1 N–H and O–H groups in total. The van der Waals surface area contributed by atoms with E-state index in [1.54, 1.807) is 24.0 Å². The fraction of sp³-hybridized carbons (Fsp3) is 0.483. The van der Waals surface area contributed by atoms with Crippen molar-refractivity contribution in [1.82, 2.24) is 14.9 Å². The van der Waals surface area contributed by atoms with Crippen molar-refractivity contribution in [1.29, 1.82) is 5.26 Å². The molecule has 2 aromatic rings. The topological polar surface area (TPSA) is 130 Å². The van der Waals surface area contributed by atoms with Crippen molar-refractivity contribution in [3.63, 3.8) is 0 Å². The van der Waals surface area contributed by atoms with E-state index in [-0.39, 0.29) is 29.6 Å². The monoisotopic (exact) mass is 550 g/mol. The van der Waals surface area contributed by atoms with Crippen LogP contribution in [0.2, 0.25) is 0 Å². The third-order valence-electron chi connectivity index (χ3n) is 6.44. The summed E-state index contributed by atoms with van der Waals surface area (Å²) in [6.07, 6.45) is 8.17. The van der Waals surface area contributed by atoms with Crippen molar-refractivity contribution >= 4 is 30.2 Å². The number of hydrogen-bond donors (Lipinski definition) is 1. The smallest absolute Gasteiger partial charge is 0.328 e. The molecule has 0 saturated heterocycles. The number of ether oxygens (including phenoxy) is 3. The number of amides is 3. The largest absolute Gasteiger partial charge is 0.487 e. The summed E-state index contributed by atoms with van der Waals surface area (Å²) in [6, 6.07) is 5.15. The first kappa shape index (κ1) is 30.5. The predicted octanol–water partition coefficient (Wildman–Crippen LogP) is 4.16. The number of nitriles is 1. The first-order chi connectivity index (χ1) is 19.3. The molecule has 11 nitrogen and oxygen atoms in total. The average Bonchev–Trinajstić information content (AvgIpc) is 2.94. The summed E-state index contributed by atoms with van der Waals surface area (Å²) >= 11 is 0. The number of anilines is 2. The van der Waals surface area contributed by atoms with Gasteiger partial charge in [-0.25, -0.2) is 14.8 Å². The lowest BCUT2D eigenvalue weighted by atomic mass is 10.0. The zero-order chi connectivity index (χ0) is 29.1. The Labute approximate surface area is 235 Å². The molecule has 2 unspecified atom stereocenters. The van der Waals surface area contributed by atoms with Crippen LogP contribution in [-0.2, 0) is 27.2 Å². The molecule has 1 aliphatic heterocycles. The highest BCUT2D eigenvalue weighted by molar-refractivity contribution is 6.01. The Morgan fingerprint density at radius 2 is 2.05 bits per heavy atom. The minimum Gasteiger partial charge on any atom is -0.487 e. The van der Waals surface area contributed by atoms with Crippen LogP contribution in [0.25, 0.3) is 6.08 Å². The number of nitrogens with zero attached hydrogens (tertiary/aromatic N) is 5. The zero-order valence-corrected chi connectivity index (χ0v) is 23.8. The van der Waals surface area contributed by atoms with Crippen molar-refractivity contribution in [2.45, 2.75) is 58.7 Å². The van der Waals surface area contributed by atoms with Gasteiger partial charge in [0.05, 0.1) is 31.1 Å². The quantitative estimate of drug-likeness (QED) is 0.368. The van der Waals surface area contributed by atoms with Crippen molar-refractivity contribution in [2.75, 3.05) is 44.2 Å². The van der Waals surface area contributed by atoms with E-state index in [9.17, 15) is 14.9 Å². The molecular formula is C29H38N6O5. The number of hydrogen-bond acceptors (Lipinski definition) is 8. The number of fused-ring (bicyclic) bond motifs is 1. The number of carbonyl (C=O) groups excluding carboxylic acids is 2. The summed E-state index contributed by atoms with van der Waals surface area (Å²) in [6.45, 7) is 7.42. The first-order valence-corrected chi connectivity index (χ1v) is 13.4. The van der Waals surface area contributed by atoms with Gasteiger partial charge in [-0.1, -0.05) is 13.0 Å². The molecule has 0 saturated carbocycles. The molecule has 11 heteroatoms. The molecule has 0 aliphatic carbocycles. The van der Waals surface area contributed by atoms with E-state index in [1.807, 2.05) is 39.0 Å². The van der Waals surface area contributed by atoms with E-state index in [4.69, 9.17) is 19.2 Å². The Bertz CT molecular complexity index is 1240. The van der Waals surface area contributed by atoms with E-state index in [0.29, 0.717) is 43.6 Å². The van der Waals surface area contributed by atoms with Gasteiger partial charge in [0, 0.05) is 33.4 Å². The lowest BCUT2D eigenvalue weighted by Crippen LogP contribution is -2.40. The van der Waals surface area contributed by atoms with E-state index >= 15 is 0 Å². The van der Waals surface area contributed by atoms with Gasteiger partial charge >= 0.3 is 6.03 Å². The molecule has 0 spiro atoms. The van der Waals surface area contributed by atoms with Crippen LogP contribution in [0.5, 0.6) is 5.75 Å². The van der Waals surface area contributed by atoms with Crippen molar-refractivity contribution in [3.05, 3.63) is 46.8 Å². The summed E-state index contributed by atoms with van der Waals surface area (Å²) in [7, 11) is 3.18. The molecule has 0 radical (unpaired) electrons. The lowest BCUT2D eigenvalue weighted by molar-refractivity contribution is -0.121. The number of nitrogens with one attached hydrogen (secondary N) is 1. The van der Waals surface area contributed by atoms with Gasteiger partial charge in [-0.2, -0.15) is 5.26 Å². The highest BCUT2D eigenvalue weighted by atomic mass is 16.5. The fourth-order valence-electron chi connectivity index (χ4n) is 4.44. The highest BCUT2D eigenvalue weighted by Gasteiger charge is 2.27. The van der Waals surface area contributed by atoms with Crippen molar-refractivity contribution in [2.24, 2.45) is 0 Å². The SMILES string of the molecule is CC/C=C/c1nc2c(cc1CN(C=O)C(C)COC)CCCN2C(=O)Nc1cc(OC(C)COC)c(C#N)cn1. The second-order valence-corrected chi connectivity index (χ2v) is 9.65. The predicted molar refractivity (Wildman–Crippen MR) is 152 cm³/mol. The minimum atomic E-state index is -0.386. The Morgan fingerprint density at radius 1 is 1.27 bits per heavy atom. The minimum absolute atomic E-state index is 0.102. The Kier molecular flexibility index (Phi) is 11.4. The number of allylic oxidation sites excluding steroid dienone is 1. The van der Waals surface area contributed by atoms with Crippen LogP contribution in [0.15, 0.2) is 24.4 Å². The summed E-state index contributed by atoms with van der Waals surface area (Å²) in [5, 5.41) is 12.3. The molecule has 2 atom stereocenters. The van der Waals surface area contributed by atoms with Gasteiger partial charge in [0.25, 0.3) is 0 Å². The second kappa shape index (κ2) is 15.0. The van der Waals surface area contributed by atoms with Gasteiger partial charge in [-0.3, -0.25) is 15.0 Å². The summed E-state index contributed by atoms with van der Waals surface area (Å²) < 4.78 is 16.2. The number of aryl methyl sites for hydroxylation is 1. The van der Waals surface area contributed by atoms with Crippen LogP contribution in [0, 0.1) is 11.3 Å². The maximum absolute atomic E-state index is 13.4. The molecule has 2 aromatic heterocycles. The molecule has 40 heavy (non-hydrogen) atoms. The number of aromatic nitrogens is 2. The Hall–Kier alpha value is -4.01. The lowest BCUT2D eigenvalue weighted by Gasteiger charge is -2.30. The summed E-state index contributed by atoms with van der Waals surface area (Å²) in [5.41, 5.74) is 2.80. The third-order valence-corrected chi connectivity index (χ3v) is 6.44. The normalized spacial score (nSPS) is 14.2. The molecule has 0 bridgehead atoms. The number of methoxy groups -OCH3 is 2. The number of rotatable bonds is 13. The Balaban J connectivity index is 1.90. The van der Waals surface area contributed by atoms with Gasteiger partial charge in [0.15, 0.2) is 0 Å². The summed E-state index contributed by atoms with van der Waals surface area (Å²) in [5.74, 6) is 1.14. The van der Waals surface area contributed by atoms with E-state index in [1.165, 1.54) is 12.3 Å². The molecule has 0 fully saturated rings. The number of urea groups is 1. The maximum atomic E-state index is 13.4. The number of carbonyl (C=O) groups is 2. The van der Waals surface area contributed by atoms with Crippen molar-refractivity contribution in [3.8, 4) is 11.8 Å². The molecule has 214 valence electrons. The highest BCUT2D eigenvalue weighted by Crippen LogP contribution is 2.30. The molecule has 0 aromatic carbocycles. The molecule has 3 heterocycles. The van der Waals surface area contributed by atoms with Gasteiger partial charge in [-0.05, 0) is 56.4 Å². The van der Waals surface area contributed by atoms with Crippen molar-refractivity contribution < 1.29 is 23.8 Å². The van der Waals surface area contributed by atoms with Gasteiger partial charge in [-0.15, -0.1) is 0 Å². The van der Waals surface area contributed by atoms with E-state index < -0.39 is 0 Å². The molecule has 3 rings (SSSR count).